The third kappa shape index (κ3) is 4.80. The van der Waals surface area contributed by atoms with E-state index in [0.29, 0.717) is 30.8 Å². The van der Waals surface area contributed by atoms with E-state index in [0.717, 1.165) is 25.8 Å². The van der Waals surface area contributed by atoms with Crippen molar-refractivity contribution >= 4 is 34.2 Å². The Kier molecular flexibility index (Phi) is 7.25. The molecule has 9 heteroatoms. The molecule has 1 fully saturated rings. The van der Waals surface area contributed by atoms with Crippen molar-refractivity contribution in [2.75, 3.05) is 13.1 Å². The minimum atomic E-state index is -3.51. The van der Waals surface area contributed by atoms with Gasteiger partial charge in [-0.3, -0.25) is 14.5 Å². The Hall–Kier alpha value is -1.64. The van der Waals surface area contributed by atoms with E-state index in [9.17, 15) is 13.2 Å². The quantitative estimate of drug-likeness (QED) is 0.714. The van der Waals surface area contributed by atoms with E-state index < -0.39 is 10.0 Å². The Labute approximate surface area is 166 Å². The maximum atomic E-state index is 12.5. The lowest BCUT2D eigenvalue weighted by atomic mass is 9.96. The number of benzene rings is 1. The molecule has 0 spiro atoms. The van der Waals surface area contributed by atoms with Crippen LogP contribution in [0.5, 0.6) is 0 Å². The summed E-state index contributed by atoms with van der Waals surface area (Å²) in [4.78, 5) is 19.0. The van der Waals surface area contributed by atoms with Crippen LogP contribution in [0.25, 0.3) is 0 Å². The molecule has 2 atom stereocenters. The Morgan fingerprint density at radius 2 is 2.11 bits per heavy atom. The summed E-state index contributed by atoms with van der Waals surface area (Å²) < 4.78 is 26.6. The largest absolute Gasteiger partial charge is 0.338 e. The highest BCUT2D eigenvalue weighted by molar-refractivity contribution is 7.90. The van der Waals surface area contributed by atoms with Crippen molar-refractivity contribution in [3.8, 4) is 0 Å². The van der Waals surface area contributed by atoms with Crippen molar-refractivity contribution in [3.63, 3.8) is 0 Å². The Bertz CT molecular complexity index is 811. The standard InChI is InChI=1S/C18H26N4O3S.ClH/c1-13(19)15-8-4-5-12-22(15)17(23)10-6-11-20-18-14-7-2-3-9-16(14)26(24,25)21-18;/h2-3,7,9,13,15H,4-6,8,10-12,19H2,1H3,(H,20,21);1H. The topological polar surface area (TPSA) is 105 Å². The highest BCUT2D eigenvalue weighted by Crippen LogP contribution is 2.23. The number of rotatable bonds is 5. The molecule has 1 amide bonds. The fourth-order valence-electron chi connectivity index (χ4n) is 3.63. The average molecular weight is 415 g/mol. The number of hydrogen-bond acceptors (Lipinski definition) is 5. The number of fused-ring (bicyclic) bond motifs is 1. The molecule has 1 saturated heterocycles. The summed E-state index contributed by atoms with van der Waals surface area (Å²) in [6.07, 6.45) is 4.08. The van der Waals surface area contributed by atoms with Crippen LogP contribution < -0.4 is 10.5 Å². The maximum absolute atomic E-state index is 12.5. The number of halogens is 1. The van der Waals surface area contributed by atoms with Crippen LogP contribution in [-0.2, 0) is 14.8 Å². The summed E-state index contributed by atoms with van der Waals surface area (Å²) in [5.41, 5.74) is 6.61. The van der Waals surface area contributed by atoms with Crippen LogP contribution in [0, 0.1) is 0 Å². The zero-order valence-electron chi connectivity index (χ0n) is 15.4. The molecular formula is C18H27ClN4O3S. The summed E-state index contributed by atoms with van der Waals surface area (Å²) in [6, 6.07) is 6.87. The molecule has 1 aromatic carbocycles. The molecule has 150 valence electrons. The molecule has 0 bridgehead atoms. The molecule has 0 aliphatic carbocycles. The number of nitrogens with two attached hydrogens (primary N) is 1. The number of piperidine rings is 1. The van der Waals surface area contributed by atoms with Gasteiger partial charge < -0.3 is 10.6 Å². The zero-order chi connectivity index (χ0) is 18.7. The van der Waals surface area contributed by atoms with Gasteiger partial charge >= 0.3 is 0 Å². The predicted molar refractivity (Wildman–Crippen MR) is 108 cm³/mol. The number of likely N-dealkylation sites (tertiary alicyclic amines) is 1. The van der Waals surface area contributed by atoms with E-state index in [1.165, 1.54) is 0 Å². The fourth-order valence-corrected chi connectivity index (χ4v) is 4.88. The molecule has 2 unspecified atom stereocenters. The minimum absolute atomic E-state index is 0. The van der Waals surface area contributed by atoms with E-state index in [2.05, 4.69) is 9.71 Å². The van der Waals surface area contributed by atoms with Crippen molar-refractivity contribution in [3.05, 3.63) is 29.8 Å². The van der Waals surface area contributed by atoms with Gasteiger partial charge in [0.05, 0.1) is 4.90 Å². The smallest absolute Gasteiger partial charge is 0.263 e. The van der Waals surface area contributed by atoms with Crippen molar-refractivity contribution in [1.82, 2.24) is 9.62 Å². The number of carbonyl (C=O) groups is 1. The van der Waals surface area contributed by atoms with Gasteiger partial charge in [0.2, 0.25) is 5.91 Å². The van der Waals surface area contributed by atoms with Gasteiger partial charge in [0.15, 0.2) is 0 Å². The monoisotopic (exact) mass is 414 g/mol. The molecule has 2 heterocycles. The van der Waals surface area contributed by atoms with Crippen LogP contribution >= 0.6 is 12.4 Å². The van der Waals surface area contributed by atoms with Crippen LogP contribution in [0.3, 0.4) is 0 Å². The number of nitrogens with one attached hydrogen (secondary N) is 1. The highest BCUT2D eigenvalue weighted by atomic mass is 35.5. The molecule has 3 rings (SSSR count). The predicted octanol–water partition coefficient (Wildman–Crippen LogP) is 1.66. The lowest BCUT2D eigenvalue weighted by Crippen LogP contribution is -2.51. The molecule has 7 nitrogen and oxygen atoms in total. The first kappa shape index (κ1) is 21.7. The van der Waals surface area contributed by atoms with E-state index in [-0.39, 0.29) is 35.3 Å². The maximum Gasteiger partial charge on any atom is 0.263 e. The van der Waals surface area contributed by atoms with Gasteiger partial charge in [-0.2, -0.15) is 0 Å². The molecular weight excluding hydrogens is 388 g/mol. The second-order valence-corrected chi connectivity index (χ2v) is 8.60. The lowest BCUT2D eigenvalue weighted by Gasteiger charge is -2.38. The van der Waals surface area contributed by atoms with Crippen LogP contribution in [0.1, 0.15) is 44.6 Å². The summed E-state index contributed by atoms with van der Waals surface area (Å²) in [6.45, 7) is 3.12. The van der Waals surface area contributed by atoms with E-state index >= 15 is 0 Å². The van der Waals surface area contributed by atoms with Crippen molar-refractivity contribution < 1.29 is 13.2 Å². The SMILES string of the molecule is CC(N)C1CCCCN1C(=O)CCCN=C1NS(=O)(=O)c2ccccc21.Cl. The second-order valence-electron chi connectivity index (χ2n) is 6.94. The lowest BCUT2D eigenvalue weighted by molar-refractivity contribution is -0.135. The first-order valence-electron chi connectivity index (χ1n) is 9.12. The zero-order valence-corrected chi connectivity index (χ0v) is 17.1. The number of amidine groups is 1. The van der Waals surface area contributed by atoms with Crippen LogP contribution in [0.15, 0.2) is 34.2 Å². The van der Waals surface area contributed by atoms with Gasteiger partial charge in [-0.05, 0) is 44.7 Å². The molecule has 0 aromatic heterocycles. The normalized spacial score (nSPS) is 23.3. The molecule has 27 heavy (non-hydrogen) atoms. The van der Waals surface area contributed by atoms with Gasteiger partial charge in [0.25, 0.3) is 10.0 Å². The Morgan fingerprint density at radius 3 is 2.85 bits per heavy atom. The number of carbonyl (C=O) groups excluding carboxylic acids is 1. The van der Waals surface area contributed by atoms with Crippen LogP contribution in [-0.4, -0.2) is 50.2 Å². The number of sulfonamides is 1. The van der Waals surface area contributed by atoms with Gasteiger partial charge in [-0.15, -0.1) is 12.4 Å². The van der Waals surface area contributed by atoms with E-state index in [1.54, 1.807) is 24.3 Å². The Balaban J connectivity index is 0.00000261. The first-order valence-corrected chi connectivity index (χ1v) is 10.6. The van der Waals surface area contributed by atoms with Crippen molar-refractivity contribution in [1.29, 1.82) is 0 Å². The van der Waals surface area contributed by atoms with Gasteiger partial charge in [-0.1, -0.05) is 12.1 Å². The molecule has 2 aliphatic heterocycles. The molecule has 0 saturated carbocycles. The van der Waals surface area contributed by atoms with Gasteiger partial charge in [0, 0.05) is 37.2 Å². The van der Waals surface area contributed by atoms with Crippen LogP contribution in [0.4, 0.5) is 0 Å². The molecule has 0 radical (unpaired) electrons. The average Bonchev–Trinajstić information content (AvgIpc) is 2.89. The van der Waals surface area contributed by atoms with E-state index in [1.807, 2.05) is 11.8 Å². The summed E-state index contributed by atoms with van der Waals surface area (Å²) in [5.74, 6) is 0.471. The van der Waals surface area contributed by atoms with Gasteiger partial charge in [0.1, 0.15) is 5.84 Å². The third-order valence-electron chi connectivity index (χ3n) is 4.96. The number of hydrogen-bond donors (Lipinski definition) is 2. The highest BCUT2D eigenvalue weighted by Gasteiger charge is 2.30. The number of aliphatic imine (C=N–C) groups is 1. The van der Waals surface area contributed by atoms with Crippen molar-refractivity contribution in [2.24, 2.45) is 10.7 Å². The second kappa shape index (κ2) is 9.03. The van der Waals surface area contributed by atoms with Crippen LogP contribution in [0.2, 0.25) is 0 Å². The van der Waals surface area contributed by atoms with Gasteiger partial charge in [-0.25, -0.2) is 8.42 Å². The summed E-state index contributed by atoms with van der Waals surface area (Å²) >= 11 is 0. The molecule has 3 N–H and O–H groups in total. The Morgan fingerprint density at radius 1 is 1.37 bits per heavy atom. The number of nitrogens with zero attached hydrogens (tertiary/aromatic N) is 2. The third-order valence-corrected chi connectivity index (χ3v) is 6.36. The minimum Gasteiger partial charge on any atom is -0.338 e. The summed E-state index contributed by atoms with van der Waals surface area (Å²) in [5, 5.41) is 0. The van der Waals surface area contributed by atoms with E-state index in [4.69, 9.17) is 5.73 Å². The fraction of sp³-hybridized carbons (Fsp3) is 0.556. The molecule has 1 aromatic rings. The number of amides is 1. The summed E-state index contributed by atoms with van der Waals surface area (Å²) in [7, 11) is -3.51. The van der Waals surface area contributed by atoms with Crippen molar-refractivity contribution in [2.45, 2.75) is 56.0 Å². The molecule has 2 aliphatic rings. The first-order chi connectivity index (χ1) is 12.4.